The van der Waals surface area contributed by atoms with Crippen LogP contribution in [0.2, 0.25) is 0 Å². The zero-order chi connectivity index (χ0) is 14.8. The van der Waals surface area contributed by atoms with Crippen LogP contribution < -0.4 is 5.32 Å². The molecule has 0 spiro atoms. The molecule has 0 unspecified atom stereocenters. The van der Waals surface area contributed by atoms with Crippen LogP contribution in [0, 0.1) is 0 Å². The van der Waals surface area contributed by atoms with E-state index in [1.807, 2.05) is 54.6 Å². The normalized spacial score (nSPS) is 14.7. The highest BCUT2D eigenvalue weighted by atomic mass is 16.2. The van der Waals surface area contributed by atoms with Crippen molar-refractivity contribution in [2.75, 3.05) is 7.05 Å². The number of hydrogen-bond acceptors (Lipinski definition) is 2. The van der Waals surface area contributed by atoms with Gasteiger partial charge in [0.15, 0.2) is 0 Å². The van der Waals surface area contributed by atoms with Crippen LogP contribution in [0.1, 0.15) is 27.5 Å². The SMILES string of the molecule is CNC(=O)[C@@H](c1ccccc1)N1Cc2ccccc2C1=O. The minimum atomic E-state index is -0.601. The van der Waals surface area contributed by atoms with Crippen molar-refractivity contribution in [3.63, 3.8) is 0 Å². The number of hydrogen-bond donors (Lipinski definition) is 1. The predicted molar refractivity (Wildman–Crippen MR) is 79.6 cm³/mol. The van der Waals surface area contributed by atoms with Crippen LogP contribution in [-0.4, -0.2) is 23.8 Å². The first-order chi connectivity index (χ1) is 10.2. The second-order valence-corrected chi connectivity index (χ2v) is 5.02. The van der Waals surface area contributed by atoms with E-state index >= 15 is 0 Å². The Kier molecular flexibility index (Phi) is 3.44. The average Bonchev–Trinajstić information content (AvgIpc) is 2.86. The highest BCUT2D eigenvalue weighted by molar-refractivity contribution is 6.01. The van der Waals surface area contributed by atoms with Gasteiger partial charge in [0.1, 0.15) is 6.04 Å². The maximum atomic E-state index is 12.6. The summed E-state index contributed by atoms with van der Waals surface area (Å²) >= 11 is 0. The maximum Gasteiger partial charge on any atom is 0.255 e. The van der Waals surface area contributed by atoms with Gasteiger partial charge < -0.3 is 10.2 Å². The van der Waals surface area contributed by atoms with Gasteiger partial charge in [-0.3, -0.25) is 9.59 Å². The largest absolute Gasteiger partial charge is 0.357 e. The van der Waals surface area contributed by atoms with Crippen molar-refractivity contribution < 1.29 is 9.59 Å². The van der Waals surface area contributed by atoms with Crippen LogP contribution in [0.5, 0.6) is 0 Å². The van der Waals surface area contributed by atoms with E-state index in [1.165, 1.54) is 0 Å². The predicted octanol–water partition coefficient (Wildman–Crippen LogP) is 2.13. The van der Waals surface area contributed by atoms with E-state index in [1.54, 1.807) is 11.9 Å². The molecule has 3 rings (SSSR count). The highest BCUT2D eigenvalue weighted by Gasteiger charge is 2.36. The summed E-state index contributed by atoms with van der Waals surface area (Å²) in [7, 11) is 1.59. The molecule has 0 radical (unpaired) electrons. The molecule has 0 aliphatic carbocycles. The molecule has 0 saturated heterocycles. The fourth-order valence-electron chi connectivity index (χ4n) is 2.73. The number of nitrogens with zero attached hydrogens (tertiary/aromatic N) is 1. The van der Waals surface area contributed by atoms with Crippen molar-refractivity contribution >= 4 is 11.8 Å². The summed E-state index contributed by atoms with van der Waals surface area (Å²) in [5.74, 6) is -0.273. The minimum absolute atomic E-state index is 0.0944. The molecule has 0 saturated carbocycles. The third-order valence-corrected chi connectivity index (χ3v) is 3.77. The topological polar surface area (TPSA) is 49.4 Å². The lowest BCUT2D eigenvalue weighted by Crippen LogP contribution is -2.39. The summed E-state index contributed by atoms with van der Waals surface area (Å²) in [6.07, 6.45) is 0. The van der Waals surface area contributed by atoms with Crippen molar-refractivity contribution in [3.05, 3.63) is 71.3 Å². The third-order valence-electron chi connectivity index (χ3n) is 3.77. The van der Waals surface area contributed by atoms with Crippen molar-refractivity contribution in [3.8, 4) is 0 Å². The van der Waals surface area contributed by atoms with Gasteiger partial charge in [-0.05, 0) is 17.2 Å². The van der Waals surface area contributed by atoms with Gasteiger partial charge >= 0.3 is 0 Å². The first-order valence-corrected chi connectivity index (χ1v) is 6.88. The molecular weight excluding hydrogens is 264 g/mol. The van der Waals surface area contributed by atoms with Gasteiger partial charge in [-0.15, -0.1) is 0 Å². The second-order valence-electron chi connectivity index (χ2n) is 5.02. The molecule has 2 aromatic carbocycles. The van der Waals surface area contributed by atoms with E-state index < -0.39 is 6.04 Å². The van der Waals surface area contributed by atoms with Gasteiger partial charge in [0.05, 0.1) is 0 Å². The Morgan fingerprint density at radius 2 is 1.76 bits per heavy atom. The van der Waals surface area contributed by atoms with E-state index in [2.05, 4.69) is 5.32 Å². The molecule has 1 aliphatic rings. The summed E-state index contributed by atoms with van der Waals surface area (Å²) in [4.78, 5) is 26.5. The number of carbonyl (C=O) groups is 2. The lowest BCUT2D eigenvalue weighted by atomic mass is 10.0. The number of nitrogens with one attached hydrogen (secondary N) is 1. The lowest BCUT2D eigenvalue weighted by molar-refractivity contribution is -0.125. The quantitative estimate of drug-likeness (QED) is 0.936. The van der Waals surface area contributed by atoms with Gasteiger partial charge in [-0.2, -0.15) is 0 Å². The Hall–Kier alpha value is -2.62. The highest BCUT2D eigenvalue weighted by Crippen LogP contribution is 2.31. The molecule has 106 valence electrons. The van der Waals surface area contributed by atoms with E-state index in [0.717, 1.165) is 11.1 Å². The number of rotatable bonds is 3. The van der Waals surface area contributed by atoms with Crippen LogP contribution >= 0.6 is 0 Å². The van der Waals surface area contributed by atoms with Gasteiger partial charge in [-0.1, -0.05) is 48.5 Å². The Bertz CT molecular complexity index is 682. The lowest BCUT2D eigenvalue weighted by Gasteiger charge is -2.26. The minimum Gasteiger partial charge on any atom is -0.357 e. The van der Waals surface area contributed by atoms with Gasteiger partial charge in [0, 0.05) is 19.2 Å². The molecule has 4 heteroatoms. The molecule has 0 fully saturated rings. The smallest absolute Gasteiger partial charge is 0.255 e. The first kappa shape index (κ1) is 13.4. The van der Waals surface area contributed by atoms with Gasteiger partial charge in [0.25, 0.3) is 5.91 Å². The molecule has 4 nitrogen and oxygen atoms in total. The van der Waals surface area contributed by atoms with Crippen LogP contribution in [-0.2, 0) is 11.3 Å². The molecule has 2 amide bonds. The average molecular weight is 280 g/mol. The van der Waals surface area contributed by atoms with E-state index in [-0.39, 0.29) is 11.8 Å². The number of carbonyl (C=O) groups excluding carboxylic acids is 2. The standard InChI is InChI=1S/C17H16N2O2/c1-18-16(20)15(12-7-3-2-4-8-12)19-11-13-9-5-6-10-14(13)17(19)21/h2-10,15H,11H2,1H3,(H,18,20)/t15-/m1/s1. The van der Waals surface area contributed by atoms with Crippen molar-refractivity contribution in [2.24, 2.45) is 0 Å². The van der Waals surface area contributed by atoms with Crippen molar-refractivity contribution in [2.45, 2.75) is 12.6 Å². The second kappa shape index (κ2) is 5.40. The summed E-state index contributed by atoms with van der Waals surface area (Å²) in [5, 5.41) is 2.65. The zero-order valence-corrected chi connectivity index (χ0v) is 11.7. The van der Waals surface area contributed by atoms with Gasteiger partial charge in [-0.25, -0.2) is 0 Å². The first-order valence-electron chi connectivity index (χ1n) is 6.88. The Morgan fingerprint density at radius 3 is 2.43 bits per heavy atom. The fourth-order valence-corrected chi connectivity index (χ4v) is 2.73. The molecule has 0 aromatic heterocycles. The Labute approximate surface area is 123 Å². The number of amides is 2. The summed E-state index contributed by atoms with van der Waals surface area (Å²) in [6, 6.07) is 16.3. The number of benzene rings is 2. The summed E-state index contributed by atoms with van der Waals surface area (Å²) < 4.78 is 0. The van der Waals surface area contributed by atoms with E-state index in [9.17, 15) is 9.59 Å². The monoisotopic (exact) mass is 280 g/mol. The fraction of sp³-hybridized carbons (Fsp3) is 0.176. The van der Waals surface area contributed by atoms with Gasteiger partial charge in [0.2, 0.25) is 5.91 Å². The Balaban J connectivity index is 2.00. The van der Waals surface area contributed by atoms with E-state index in [4.69, 9.17) is 0 Å². The summed E-state index contributed by atoms with van der Waals surface area (Å²) in [6.45, 7) is 0.460. The Morgan fingerprint density at radius 1 is 1.10 bits per heavy atom. The number of likely N-dealkylation sites (N-methyl/N-ethyl adjacent to an activating group) is 1. The van der Waals surface area contributed by atoms with Crippen molar-refractivity contribution in [1.29, 1.82) is 0 Å². The van der Waals surface area contributed by atoms with Crippen LogP contribution in [0.3, 0.4) is 0 Å². The molecule has 0 bridgehead atoms. The molecule has 1 heterocycles. The molecule has 1 atom stereocenters. The third kappa shape index (κ3) is 2.29. The van der Waals surface area contributed by atoms with E-state index in [0.29, 0.717) is 12.1 Å². The molecule has 1 aliphatic heterocycles. The van der Waals surface area contributed by atoms with Crippen LogP contribution in [0.25, 0.3) is 0 Å². The summed E-state index contributed by atoms with van der Waals surface area (Å²) in [5.41, 5.74) is 2.47. The molecule has 21 heavy (non-hydrogen) atoms. The molecule has 2 aromatic rings. The maximum absolute atomic E-state index is 12.6. The molecular formula is C17H16N2O2. The number of fused-ring (bicyclic) bond motifs is 1. The van der Waals surface area contributed by atoms with Crippen LogP contribution in [0.4, 0.5) is 0 Å². The zero-order valence-electron chi connectivity index (χ0n) is 11.7. The van der Waals surface area contributed by atoms with Crippen molar-refractivity contribution in [1.82, 2.24) is 10.2 Å². The van der Waals surface area contributed by atoms with Crippen LogP contribution in [0.15, 0.2) is 54.6 Å². The molecule has 1 N–H and O–H groups in total.